The van der Waals surface area contributed by atoms with Crippen LogP contribution in [0.5, 0.6) is 5.75 Å². The Kier molecular flexibility index (Phi) is 7.15. The van der Waals surface area contributed by atoms with Gasteiger partial charge in [-0.25, -0.2) is 4.39 Å². The molecule has 1 rings (SSSR count). The molecule has 21 heavy (non-hydrogen) atoms. The van der Waals surface area contributed by atoms with Crippen LogP contribution >= 0.6 is 0 Å². The molecule has 1 atom stereocenters. The summed E-state index contributed by atoms with van der Waals surface area (Å²) in [5.74, 6) is 0.0764. The predicted octanol–water partition coefficient (Wildman–Crippen LogP) is 2.79. The van der Waals surface area contributed by atoms with E-state index in [2.05, 4.69) is 10.6 Å². The molecule has 0 aliphatic carbocycles. The van der Waals surface area contributed by atoms with Gasteiger partial charge in [0.25, 0.3) is 0 Å². The lowest BCUT2D eigenvalue weighted by Gasteiger charge is -2.18. The molecule has 5 heteroatoms. The van der Waals surface area contributed by atoms with E-state index in [1.807, 2.05) is 27.7 Å². The van der Waals surface area contributed by atoms with Crippen LogP contribution in [0.3, 0.4) is 0 Å². The molecule has 0 aliphatic rings. The molecule has 2 N–H and O–H groups in total. The molecule has 0 fully saturated rings. The average molecular weight is 296 g/mol. The van der Waals surface area contributed by atoms with Crippen molar-refractivity contribution in [3.05, 3.63) is 29.6 Å². The van der Waals surface area contributed by atoms with E-state index in [1.54, 1.807) is 6.07 Å². The Morgan fingerprint density at radius 3 is 2.67 bits per heavy atom. The Morgan fingerprint density at radius 2 is 2.05 bits per heavy atom. The normalized spacial score (nSPS) is 12.3. The second-order valence-corrected chi connectivity index (χ2v) is 5.28. The zero-order chi connectivity index (χ0) is 15.8. The third kappa shape index (κ3) is 6.12. The minimum atomic E-state index is -0.343. The van der Waals surface area contributed by atoms with E-state index in [-0.39, 0.29) is 36.8 Å². The van der Waals surface area contributed by atoms with Crippen LogP contribution in [-0.2, 0) is 4.79 Å². The molecule has 0 aromatic heterocycles. The molecule has 0 heterocycles. The number of halogens is 1. The number of nitrogens with one attached hydrogen (secondary N) is 2. The highest BCUT2D eigenvalue weighted by molar-refractivity contribution is 5.76. The smallest absolute Gasteiger partial charge is 0.223 e. The minimum absolute atomic E-state index is 0.0649. The van der Waals surface area contributed by atoms with Gasteiger partial charge in [-0.15, -0.1) is 0 Å². The van der Waals surface area contributed by atoms with Gasteiger partial charge in [-0.2, -0.15) is 0 Å². The number of carbonyl (C=O) groups excluding carboxylic acids is 1. The van der Waals surface area contributed by atoms with Crippen LogP contribution in [0.4, 0.5) is 4.39 Å². The maximum atomic E-state index is 13.4. The zero-order valence-electron chi connectivity index (χ0n) is 13.2. The fourth-order valence-corrected chi connectivity index (χ4v) is 2.05. The fraction of sp³-hybridized carbons (Fsp3) is 0.562. The Balaban J connectivity index is 2.64. The second-order valence-electron chi connectivity index (χ2n) is 5.28. The van der Waals surface area contributed by atoms with Crippen LogP contribution in [0.15, 0.2) is 18.2 Å². The highest BCUT2D eigenvalue weighted by Gasteiger charge is 2.12. The van der Waals surface area contributed by atoms with Gasteiger partial charge >= 0.3 is 0 Å². The first-order valence-corrected chi connectivity index (χ1v) is 7.39. The predicted molar refractivity (Wildman–Crippen MR) is 81.9 cm³/mol. The van der Waals surface area contributed by atoms with E-state index < -0.39 is 0 Å². The first-order valence-electron chi connectivity index (χ1n) is 7.39. The topological polar surface area (TPSA) is 50.4 Å². The molecule has 1 aromatic rings. The van der Waals surface area contributed by atoms with E-state index in [4.69, 9.17) is 4.74 Å². The number of rotatable bonds is 8. The van der Waals surface area contributed by atoms with Crippen molar-refractivity contribution in [2.45, 2.75) is 46.2 Å². The van der Waals surface area contributed by atoms with Gasteiger partial charge in [-0.3, -0.25) is 4.79 Å². The van der Waals surface area contributed by atoms with Gasteiger partial charge in [0.15, 0.2) is 0 Å². The molecular weight excluding hydrogens is 271 g/mol. The van der Waals surface area contributed by atoms with Crippen LogP contribution in [0.1, 0.15) is 45.7 Å². The average Bonchev–Trinajstić information content (AvgIpc) is 2.38. The lowest BCUT2D eigenvalue weighted by atomic mass is 10.1. The molecule has 0 aliphatic heterocycles. The van der Waals surface area contributed by atoms with Gasteiger partial charge in [0.2, 0.25) is 5.91 Å². The van der Waals surface area contributed by atoms with Crippen LogP contribution < -0.4 is 15.4 Å². The number of hydrogen-bond donors (Lipinski definition) is 2. The van der Waals surface area contributed by atoms with Crippen molar-refractivity contribution in [2.75, 3.05) is 13.2 Å². The summed E-state index contributed by atoms with van der Waals surface area (Å²) in [5.41, 5.74) is 0.891. The summed E-state index contributed by atoms with van der Waals surface area (Å²) in [6.45, 7) is 8.86. The molecule has 0 spiro atoms. The Morgan fingerprint density at radius 1 is 1.33 bits per heavy atom. The molecule has 118 valence electrons. The van der Waals surface area contributed by atoms with Gasteiger partial charge < -0.3 is 15.4 Å². The summed E-state index contributed by atoms with van der Waals surface area (Å²) < 4.78 is 19.0. The van der Waals surface area contributed by atoms with E-state index in [0.29, 0.717) is 5.75 Å². The van der Waals surface area contributed by atoms with Crippen LogP contribution in [0.25, 0.3) is 0 Å². The standard InChI is InChI=1S/C16H25FN2O2/c1-5-18-12(4)14-7-6-13(17)10-15(14)21-9-8-16(20)19-11(2)3/h6-7,10-12,18H,5,8-9H2,1-4H3,(H,19,20). The Hall–Kier alpha value is -1.62. The number of ether oxygens (including phenoxy) is 1. The van der Waals surface area contributed by atoms with Gasteiger partial charge in [0.1, 0.15) is 11.6 Å². The summed E-state index contributed by atoms with van der Waals surface area (Å²) >= 11 is 0. The van der Waals surface area contributed by atoms with E-state index in [0.717, 1.165) is 12.1 Å². The molecule has 0 radical (unpaired) electrons. The molecule has 1 amide bonds. The third-order valence-corrected chi connectivity index (χ3v) is 2.99. The maximum absolute atomic E-state index is 13.4. The van der Waals surface area contributed by atoms with Gasteiger partial charge in [0, 0.05) is 23.7 Å². The highest BCUT2D eigenvalue weighted by atomic mass is 19.1. The van der Waals surface area contributed by atoms with Crippen LogP contribution in [-0.4, -0.2) is 25.1 Å². The van der Waals surface area contributed by atoms with E-state index in [1.165, 1.54) is 12.1 Å². The van der Waals surface area contributed by atoms with Crippen molar-refractivity contribution < 1.29 is 13.9 Å². The number of benzene rings is 1. The summed E-state index contributed by atoms with van der Waals surface area (Å²) in [5, 5.41) is 6.06. The van der Waals surface area contributed by atoms with Gasteiger partial charge in [-0.05, 0) is 33.4 Å². The van der Waals surface area contributed by atoms with E-state index >= 15 is 0 Å². The molecule has 0 bridgehead atoms. The SMILES string of the molecule is CCNC(C)c1ccc(F)cc1OCCC(=O)NC(C)C. The molecule has 0 saturated heterocycles. The van der Waals surface area contributed by atoms with Crippen molar-refractivity contribution in [1.82, 2.24) is 10.6 Å². The van der Waals surface area contributed by atoms with Crippen LogP contribution in [0, 0.1) is 5.82 Å². The molecule has 1 aromatic carbocycles. The largest absolute Gasteiger partial charge is 0.493 e. The molecule has 0 saturated carbocycles. The monoisotopic (exact) mass is 296 g/mol. The van der Waals surface area contributed by atoms with Gasteiger partial charge in [0.05, 0.1) is 13.0 Å². The molecule has 4 nitrogen and oxygen atoms in total. The van der Waals surface area contributed by atoms with Crippen LogP contribution in [0.2, 0.25) is 0 Å². The van der Waals surface area contributed by atoms with Crippen molar-refractivity contribution in [1.29, 1.82) is 0 Å². The lowest BCUT2D eigenvalue weighted by molar-refractivity contribution is -0.122. The van der Waals surface area contributed by atoms with E-state index in [9.17, 15) is 9.18 Å². The van der Waals surface area contributed by atoms with Crippen molar-refractivity contribution in [3.8, 4) is 5.75 Å². The summed E-state index contributed by atoms with van der Waals surface area (Å²) in [7, 11) is 0. The fourth-order valence-electron chi connectivity index (χ4n) is 2.05. The lowest BCUT2D eigenvalue weighted by Crippen LogP contribution is -2.31. The summed E-state index contributed by atoms with van der Waals surface area (Å²) in [4.78, 5) is 11.6. The molecular formula is C16H25FN2O2. The Bertz CT molecular complexity index is 464. The highest BCUT2D eigenvalue weighted by Crippen LogP contribution is 2.26. The van der Waals surface area contributed by atoms with Crippen molar-refractivity contribution >= 4 is 5.91 Å². The summed E-state index contributed by atoms with van der Waals surface area (Å²) in [6, 6.07) is 4.67. The first kappa shape index (κ1) is 17.4. The molecule has 1 unspecified atom stereocenters. The van der Waals surface area contributed by atoms with Crippen molar-refractivity contribution in [3.63, 3.8) is 0 Å². The number of hydrogen-bond acceptors (Lipinski definition) is 3. The summed E-state index contributed by atoms with van der Waals surface area (Å²) in [6.07, 6.45) is 0.254. The van der Waals surface area contributed by atoms with Gasteiger partial charge in [-0.1, -0.05) is 13.0 Å². The quantitative estimate of drug-likeness (QED) is 0.775. The number of carbonyl (C=O) groups is 1. The second kappa shape index (κ2) is 8.62. The zero-order valence-corrected chi connectivity index (χ0v) is 13.2. The third-order valence-electron chi connectivity index (χ3n) is 2.99. The van der Waals surface area contributed by atoms with Crippen molar-refractivity contribution in [2.24, 2.45) is 0 Å². The Labute approximate surface area is 126 Å². The first-order chi connectivity index (χ1) is 9.93. The minimum Gasteiger partial charge on any atom is -0.493 e. The number of amides is 1. The maximum Gasteiger partial charge on any atom is 0.223 e.